The van der Waals surface area contributed by atoms with E-state index in [9.17, 15) is 5.11 Å². The average Bonchev–Trinajstić information content (AvgIpc) is 3.25. The Bertz CT molecular complexity index is 566. The van der Waals surface area contributed by atoms with Gasteiger partial charge in [-0.05, 0) is 31.9 Å². The van der Waals surface area contributed by atoms with Crippen LogP contribution < -0.4 is 4.90 Å². The molecule has 1 aliphatic carbocycles. The number of thiazole rings is 1. The summed E-state index contributed by atoms with van der Waals surface area (Å²) >= 11 is 1.62. The Morgan fingerprint density at radius 3 is 2.85 bits per heavy atom. The summed E-state index contributed by atoms with van der Waals surface area (Å²) in [6.07, 6.45) is 4.24. The van der Waals surface area contributed by atoms with Gasteiger partial charge in [-0.25, -0.2) is 4.98 Å². The van der Waals surface area contributed by atoms with Crippen LogP contribution in [-0.2, 0) is 13.2 Å². The second-order valence-electron chi connectivity index (χ2n) is 5.07. The molecule has 1 N–H and O–H groups in total. The molecule has 0 amide bonds. The van der Waals surface area contributed by atoms with Crippen LogP contribution in [0.1, 0.15) is 41.9 Å². The smallest absolute Gasteiger partial charge is 0.186 e. The average molecular weight is 289 g/mol. The summed E-state index contributed by atoms with van der Waals surface area (Å²) in [5.41, 5.74) is 2.16. The lowest BCUT2D eigenvalue weighted by Gasteiger charge is -2.19. The lowest BCUT2D eigenvalue weighted by molar-refractivity contribution is 0.284. The molecule has 0 bridgehead atoms. The van der Waals surface area contributed by atoms with Crippen LogP contribution >= 0.6 is 11.3 Å². The van der Waals surface area contributed by atoms with Gasteiger partial charge in [0.05, 0.1) is 29.4 Å². The molecule has 0 radical (unpaired) electrons. The Kier molecular flexibility index (Phi) is 3.98. The van der Waals surface area contributed by atoms with E-state index in [0.717, 1.165) is 34.5 Å². The predicted molar refractivity (Wildman–Crippen MR) is 81.0 cm³/mol. The molecule has 0 atom stereocenters. The number of nitrogens with zero attached hydrogens (tertiary/aromatic N) is 3. The fourth-order valence-corrected chi connectivity index (χ4v) is 3.35. The van der Waals surface area contributed by atoms with Gasteiger partial charge in [0, 0.05) is 18.7 Å². The molecule has 2 aromatic rings. The second-order valence-corrected chi connectivity index (χ2v) is 6.13. The maximum Gasteiger partial charge on any atom is 0.186 e. The van der Waals surface area contributed by atoms with E-state index in [2.05, 4.69) is 16.8 Å². The normalized spacial score (nSPS) is 14.5. The lowest BCUT2D eigenvalue weighted by atomic mass is 10.2. The summed E-state index contributed by atoms with van der Waals surface area (Å²) in [4.78, 5) is 12.4. The van der Waals surface area contributed by atoms with Crippen molar-refractivity contribution >= 4 is 16.5 Å². The molecule has 0 spiro atoms. The van der Waals surface area contributed by atoms with Gasteiger partial charge in [0.25, 0.3) is 0 Å². The molecule has 5 heteroatoms. The number of hydrogen-bond donors (Lipinski definition) is 1. The van der Waals surface area contributed by atoms with Crippen molar-refractivity contribution in [1.82, 2.24) is 9.97 Å². The van der Waals surface area contributed by atoms with Crippen LogP contribution in [0.4, 0.5) is 5.13 Å². The molecule has 3 rings (SSSR count). The highest BCUT2D eigenvalue weighted by Crippen LogP contribution is 2.44. The van der Waals surface area contributed by atoms with Crippen molar-refractivity contribution in [3.05, 3.63) is 40.7 Å². The van der Waals surface area contributed by atoms with Gasteiger partial charge in [0.2, 0.25) is 0 Å². The minimum absolute atomic E-state index is 0.102. The number of pyridine rings is 1. The molecule has 1 fully saturated rings. The second kappa shape index (κ2) is 5.89. The molecule has 1 aliphatic rings. The fraction of sp³-hybridized carbons (Fsp3) is 0.467. The van der Waals surface area contributed by atoms with Crippen LogP contribution in [0.3, 0.4) is 0 Å². The maximum atomic E-state index is 9.49. The molecule has 4 nitrogen and oxygen atoms in total. The number of hydrogen-bond acceptors (Lipinski definition) is 5. The van der Waals surface area contributed by atoms with Crippen LogP contribution in [-0.4, -0.2) is 21.6 Å². The summed E-state index contributed by atoms with van der Waals surface area (Å²) in [5, 5.41) is 10.5. The zero-order valence-electron chi connectivity index (χ0n) is 11.6. The van der Waals surface area contributed by atoms with E-state index in [0.29, 0.717) is 5.92 Å². The molecule has 106 valence electrons. The topological polar surface area (TPSA) is 49.2 Å². The van der Waals surface area contributed by atoms with Crippen LogP contribution in [0, 0.1) is 0 Å². The van der Waals surface area contributed by atoms with Gasteiger partial charge in [-0.3, -0.25) is 4.98 Å². The lowest BCUT2D eigenvalue weighted by Crippen LogP contribution is -2.22. The monoisotopic (exact) mass is 289 g/mol. The van der Waals surface area contributed by atoms with Crippen molar-refractivity contribution in [2.24, 2.45) is 0 Å². The summed E-state index contributed by atoms with van der Waals surface area (Å²) in [5.74, 6) is 0.579. The molecule has 1 saturated carbocycles. The third-order valence-electron chi connectivity index (χ3n) is 3.56. The number of rotatable bonds is 6. The zero-order valence-corrected chi connectivity index (χ0v) is 12.4. The quantitative estimate of drug-likeness (QED) is 0.888. The van der Waals surface area contributed by atoms with Gasteiger partial charge in [0.15, 0.2) is 5.13 Å². The highest BCUT2D eigenvalue weighted by Gasteiger charge is 2.30. The third kappa shape index (κ3) is 2.83. The molecule has 0 aliphatic heterocycles. The van der Waals surface area contributed by atoms with Crippen LogP contribution in [0.2, 0.25) is 0 Å². The van der Waals surface area contributed by atoms with Crippen LogP contribution in [0.5, 0.6) is 0 Å². The first kappa shape index (κ1) is 13.5. The molecular weight excluding hydrogens is 270 g/mol. The summed E-state index contributed by atoms with van der Waals surface area (Å²) in [7, 11) is 0. The van der Waals surface area contributed by atoms with E-state index in [1.807, 2.05) is 24.4 Å². The van der Waals surface area contributed by atoms with E-state index in [4.69, 9.17) is 4.98 Å². The van der Waals surface area contributed by atoms with Crippen molar-refractivity contribution in [2.45, 2.75) is 38.8 Å². The third-order valence-corrected chi connectivity index (χ3v) is 4.67. The van der Waals surface area contributed by atoms with Crippen molar-refractivity contribution in [1.29, 1.82) is 0 Å². The van der Waals surface area contributed by atoms with Crippen molar-refractivity contribution < 1.29 is 5.11 Å². The van der Waals surface area contributed by atoms with Crippen LogP contribution in [0.15, 0.2) is 24.4 Å². The molecule has 0 saturated heterocycles. The molecule has 20 heavy (non-hydrogen) atoms. The van der Waals surface area contributed by atoms with Gasteiger partial charge in [0.1, 0.15) is 0 Å². The Labute approximate surface area is 123 Å². The van der Waals surface area contributed by atoms with Gasteiger partial charge in [-0.2, -0.15) is 0 Å². The summed E-state index contributed by atoms with van der Waals surface area (Å²) in [6, 6.07) is 5.97. The molecule has 2 aromatic heterocycles. The molecular formula is C15H19N3OS. The number of aliphatic hydroxyl groups is 1. The molecule has 2 heterocycles. The van der Waals surface area contributed by atoms with Crippen molar-refractivity contribution in [3.63, 3.8) is 0 Å². The Balaban J connectivity index is 1.82. The standard InChI is InChI=1S/C15H19N3OS/c1-2-18(9-12-5-3-4-8-16-12)15-17-14(11-6-7-11)13(10-19)20-15/h3-5,8,11,19H,2,6-7,9-10H2,1H3. The van der Waals surface area contributed by atoms with Crippen LogP contribution in [0.25, 0.3) is 0 Å². The van der Waals surface area contributed by atoms with Crippen molar-refractivity contribution in [3.8, 4) is 0 Å². The highest BCUT2D eigenvalue weighted by atomic mass is 32.1. The number of aliphatic hydroxyl groups excluding tert-OH is 1. The van der Waals surface area contributed by atoms with Gasteiger partial charge < -0.3 is 10.0 Å². The van der Waals surface area contributed by atoms with Gasteiger partial charge in [-0.1, -0.05) is 17.4 Å². The molecule has 0 unspecified atom stereocenters. The minimum atomic E-state index is 0.102. The largest absolute Gasteiger partial charge is 0.391 e. The van der Waals surface area contributed by atoms with E-state index in [1.165, 1.54) is 12.8 Å². The maximum absolute atomic E-state index is 9.49. The van der Waals surface area contributed by atoms with Gasteiger partial charge >= 0.3 is 0 Å². The van der Waals surface area contributed by atoms with E-state index < -0.39 is 0 Å². The summed E-state index contributed by atoms with van der Waals surface area (Å²) in [6.45, 7) is 3.88. The molecule has 0 aromatic carbocycles. The predicted octanol–water partition coefficient (Wildman–Crippen LogP) is 2.93. The first-order valence-corrected chi connectivity index (χ1v) is 7.88. The van der Waals surface area contributed by atoms with E-state index >= 15 is 0 Å². The zero-order chi connectivity index (χ0) is 13.9. The first-order valence-electron chi connectivity index (χ1n) is 7.07. The van der Waals surface area contributed by atoms with E-state index in [1.54, 1.807) is 11.3 Å². The first-order chi connectivity index (χ1) is 9.81. The Morgan fingerprint density at radius 2 is 2.25 bits per heavy atom. The summed E-state index contributed by atoms with van der Waals surface area (Å²) < 4.78 is 0. The number of anilines is 1. The van der Waals surface area contributed by atoms with Gasteiger partial charge in [-0.15, -0.1) is 0 Å². The Morgan fingerprint density at radius 1 is 1.40 bits per heavy atom. The minimum Gasteiger partial charge on any atom is -0.391 e. The Hall–Kier alpha value is -1.46. The van der Waals surface area contributed by atoms with E-state index in [-0.39, 0.29) is 6.61 Å². The number of aromatic nitrogens is 2. The van der Waals surface area contributed by atoms with Crippen molar-refractivity contribution in [2.75, 3.05) is 11.4 Å². The highest BCUT2D eigenvalue weighted by molar-refractivity contribution is 7.15. The SMILES string of the molecule is CCN(Cc1ccccn1)c1nc(C2CC2)c(CO)s1. The fourth-order valence-electron chi connectivity index (χ4n) is 2.28.